The molecule has 0 spiro atoms. The highest BCUT2D eigenvalue weighted by molar-refractivity contribution is 7.15. The normalized spacial score (nSPS) is 22.4. The number of piperazine rings is 1. The molecule has 2 atom stereocenters. The average Bonchev–Trinajstić information content (AvgIpc) is 2.77. The Kier molecular flexibility index (Phi) is 3.63. The van der Waals surface area contributed by atoms with Crippen LogP contribution in [0.5, 0.6) is 0 Å². The van der Waals surface area contributed by atoms with Crippen LogP contribution in [0.2, 0.25) is 0 Å². The average molecular weight is 255 g/mol. The number of rotatable bonds is 3. The van der Waals surface area contributed by atoms with Crippen molar-refractivity contribution in [1.82, 2.24) is 10.3 Å². The molecule has 2 rings (SSSR count). The molecule has 2 heterocycles. The predicted octanol–water partition coefficient (Wildman–Crippen LogP) is 0.911. The van der Waals surface area contributed by atoms with E-state index in [-0.39, 0.29) is 11.9 Å². The van der Waals surface area contributed by atoms with Crippen molar-refractivity contribution >= 4 is 22.4 Å². The third-order valence-corrected chi connectivity index (χ3v) is 4.09. The lowest BCUT2D eigenvalue weighted by atomic mass is 10.1. The molecule has 1 aromatic heterocycles. The van der Waals surface area contributed by atoms with Crippen LogP contribution in [0.25, 0.3) is 0 Å². The second-order valence-corrected chi connectivity index (χ2v) is 5.17. The Hall–Kier alpha value is -1.14. The first-order valence-electron chi connectivity index (χ1n) is 5.81. The molecule has 0 bridgehead atoms. The van der Waals surface area contributed by atoms with Crippen LogP contribution in [0.15, 0.2) is 6.20 Å². The zero-order valence-corrected chi connectivity index (χ0v) is 10.8. The summed E-state index contributed by atoms with van der Waals surface area (Å²) in [5, 5.41) is 13.2. The van der Waals surface area contributed by atoms with Gasteiger partial charge in [-0.1, -0.05) is 18.3 Å². The van der Waals surface area contributed by atoms with Gasteiger partial charge in [-0.05, 0) is 13.3 Å². The SMILES string of the molecule is CCC1C(=O)NCCN1c1ncc(C(C)O)s1. The maximum absolute atomic E-state index is 11.7. The summed E-state index contributed by atoms with van der Waals surface area (Å²) in [6, 6.07) is -0.142. The van der Waals surface area contributed by atoms with Gasteiger partial charge in [0, 0.05) is 19.3 Å². The first-order valence-corrected chi connectivity index (χ1v) is 6.63. The van der Waals surface area contributed by atoms with Crippen LogP contribution >= 0.6 is 11.3 Å². The van der Waals surface area contributed by atoms with Crippen molar-refractivity contribution in [2.75, 3.05) is 18.0 Å². The molecule has 0 radical (unpaired) electrons. The molecule has 1 aromatic rings. The molecule has 5 nitrogen and oxygen atoms in total. The van der Waals surface area contributed by atoms with E-state index in [0.717, 1.165) is 23.0 Å². The van der Waals surface area contributed by atoms with Gasteiger partial charge >= 0.3 is 0 Å². The molecule has 1 amide bonds. The quantitative estimate of drug-likeness (QED) is 0.842. The molecular formula is C11H17N3O2S. The van der Waals surface area contributed by atoms with Crippen molar-refractivity contribution in [3.05, 3.63) is 11.1 Å². The number of hydrogen-bond acceptors (Lipinski definition) is 5. The van der Waals surface area contributed by atoms with Gasteiger partial charge in [0.05, 0.1) is 11.0 Å². The van der Waals surface area contributed by atoms with E-state index in [1.165, 1.54) is 11.3 Å². The number of carbonyl (C=O) groups excluding carboxylic acids is 1. The summed E-state index contributed by atoms with van der Waals surface area (Å²) in [7, 11) is 0. The monoisotopic (exact) mass is 255 g/mol. The number of thiazole rings is 1. The predicted molar refractivity (Wildman–Crippen MR) is 67.2 cm³/mol. The van der Waals surface area contributed by atoms with Crippen molar-refractivity contribution in [3.63, 3.8) is 0 Å². The Labute approximate surface area is 104 Å². The van der Waals surface area contributed by atoms with Crippen molar-refractivity contribution in [3.8, 4) is 0 Å². The molecule has 0 aliphatic carbocycles. The fourth-order valence-corrected chi connectivity index (χ4v) is 2.88. The standard InChI is InChI=1S/C11H17N3O2S/c1-3-8-10(16)12-4-5-14(8)11-13-6-9(17-11)7(2)15/h6-8,15H,3-5H2,1-2H3,(H,12,16). The molecule has 0 aromatic carbocycles. The molecule has 6 heteroatoms. The first-order chi connectivity index (χ1) is 8.13. The number of hydrogen-bond donors (Lipinski definition) is 2. The highest BCUT2D eigenvalue weighted by atomic mass is 32.1. The van der Waals surface area contributed by atoms with Crippen molar-refractivity contribution in [2.24, 2.45) is 0 Å². The van der Waals surface area contributed by atoms with Gasteiger partial charge < -0.3 is 15.3 Å². The smallest absolute Gasteiger partial charge is 0.242 e. The number of aromatic nitrogens is 1. The molecule has 94 valence electrons. The van der Waals surface area contributed by atoms with E-state index in [4.69, 9.17) is 0 Å². The third-order valence-electron chi connectivity index (χ3n) is 2.89. The fourth-order valence-electron chi connectivity index (χ4n) is 1.95. The summed E-state index contributed by atoms with van der Waals surface area (Å²) >= 11 is 1.45. The number of amides is 1. The van der Waals surface area contributed by atoms with Crippen LogP contribution in [0.4, 0.5) is 5.13 Å². The second kappa shape index (κ2) is 5.01. The Morgan fingerprint density at radius 2 is 2.53 bits per heavy atom. The number of nitrogens with one attached hydrogen (secondary N) is 1. The number of nitrogens with zero attached hydrogens (tertiary/aromatic N) is 2. The van der Waals surface area contributed by atoms with Crippen LogP contribution in [0, 0.1) is 0 Å². The summed E-state index contributed by atoms with van der Waals surface area (Å²) in [5.74, 6) is 0.0625. The summed E-state index contributed by atoms with van der Waals surface area (Å²) in [4.78, 5) is 18.9. The summed E-state index contributed by atoms with van der Waals surface area (Å²) in [6.45, 7) is 5.14. The molecule has 0 saturated carbocycles. The lowest BCUT2D eigenvalue weighted by Gasteiger charge is -2.34. The lowest BCUT2D eigenvalue weighted by Crippen LogP contribution is -2.55. The zero-order valence-electron chi connectivity index (χ0n) is 10.0. The van der Waals surface area contributed by atoms with E-state index in [1.807, 2.05) is 11.8 Å². The minimum absolute atomic E-state index is 0.0625. The highest BCUT2D eigenvalue weighted by Crippen LogP contribution is 2.29. The maximum Gasteiger partial charge on any atom is 0.242 e. The van der Waals surface area contributed by atoms with Crippen LogP contribution < -0.4 is 10.2 Å². The van der Waals surface area contributed by atoms with Crippen molar-refractivity contribution in [1.29, 1.82) is 0 Å². The number of aliphatic hydroxyl groups is 1. The largest absolute Gasteiger partial charge is 0.388 e. The van der Waals surface area contributed by atoms with E-state index in [1.54, 1.807) is 13.1 Å². The number of aliphatic hydroxyl groups excluding tert-OH is 1. The van der Waals surface area contributed by atoms with Crippen LogP contribution in [0.3, 0.4) is 0 Å². The fraction of sp³-hybridized carbons (Fsp3) is 0.636. The molecular weight excluding hydrogens is 238 g/mol. The van der Waals surface area contributed by atoms with Gasteiger partial charge in [0.25, 0.3) is 0 Å². The topological polar surface area (TPSA) is 65.5 Å². The number of carbonyl (C=O) groups is 1. The molecule has 1 saturated heterocycles. The zero-order chi connectivity index (χ0) is 12.4. The van der Waals surface area contributed by atoms with Crippen LogP contribution in [0.1, 0.15) is 31.2 Å². The molecule has 2 unspecified atom stereocenters. The highest BCUT2D eigenvalue weighted by Gasteiger charge is 2.30. The van der Waals surface area contributed by atoms with Gasteiger partial charge in [0.2, 0.25) is 5.91 Å². The van der Waals surface area contributed by atoms with Gasteiger partial charge in [0.1, 0.15) is 6.04 Å². The van der Waals surface area contributed by atoms with Crippen LogP contribution in [-0.4, -0.2) is 35.1 Å². The van der Waals surface area contributed by atoms with E-state index in [0.29, 0.717) is 6.54 Å². The molecule has 1 aliphatic rings. The van der Waals surface area contributed by atoms with Crippen molar-refractivity contribution in [2.45, 2.75) is 32.4 Å². The van der Waals surface area contributed by atoms with E-state index >= 15 is 0 Å². The summed E-state index contributed by atoms with van der Waals surface area (Å²) in [5.41, 5.74) is 0. The Morgan fingerprint density at radius 3 is 3.12 bits per heavy atom. The lowest BCUT2D eigenvalue weighted by molar-refractivity contribution is -0.123. The van der Waals surface area contributed by atoms with Gasteiger partial charge in [0.15, 0.2) is 5.13 Å². The molecule has 17 heavy (non-hydrogen) atoms. The molecule has 1 aliphatic heterocycles. The minimum atomic E-state index is -0.500. The molecule has 1 fully saturated rings. The van der Waals surface area contributed by atoms with Gasteiger partial charge in [-0.2, -0.15) is 0 Å². The van der Waals surface area contributed by atoms with E-state index in [2.05, 4.69) is 10.3 Å². The number of anilines is 1. The van der Waals surface area contributed by atoms with E-state index < -0.39 is 6.10 Å². The minimum Gasteiger partial charge on any atom is -0.388 e. The maximum atomic E-state index is 11.7. The van der Waals surface area contributed by atoms with Crippen LogP contribution in [-0.2, 0) is 4.79 Å². The van der Waals surface area contributed by atoms with Crippen molar-refractivity contribution < 1.29 is 9.90 Å². The van der Waals surface area contributed by atoms with Gasteiger partial charge in [-0.3, -0.25) is 4.79 Å². The first kappa shape index (κ1) is 12.3. The van der Waals surface area contributed by atoms with E-state index in [9.17, 15) is 9.90 Å². The molecule has 2 N–H and O–H groups in total. The summed E-state index contributed by atoms with van der Waals surface area (Å²) < 4.78 is 0. The Balaban J connectivity index is 2.21. The Bertz CT molecular complexity index is 405. The third kappa shape index (κ3) is 2.42. The Morgan fingerprint density at radius 1 is 1.76 bits per heavy atom. The van der Waals surface area contributed by atoms with Gasteiger partial charge in [-0.15, -0.1) is 0 Å². The van der Waals surface area contributed by atoms with Gasteiger partial charge in [-0.25, -0.2) is 4.98 Å². The summed E-state index contributed by atoms with van der Waals surface area (Å²) in [6.07, 6.45) is 1.94. The second-order valence-electron chi connectivity index (χ2n) is 4.13.